The van der Waals surface area contributed by atoms with Gasteiger partial charge in [-0.15, -0.1) is 0 Å². The number of alkyl halides is 1. The quantitative estimate of drug-likeness (QED) is 0.710. The third kappa shape index (κ3) is 2.30. The third-order valence-electron chi connectivity index (χ3n) is 1.82. The molecule has 0 aliphatic heterocycles. The Kier molecular flexibility index (Phi) is 3.22. The van der Waals surface area contributed by atoms with Crippen LogP contribution in [0.3, 0.4) is 0 Å². The van der Waals surface area contributed by atoms with E-state index < -0.39 is 6.67 Å². The average molecular weight is 171 g/mol. The Balaban J connectivity index is 2.52. The number of imidazole rings is 1. The minimum Gasteiger partial charge on any atom is -0.344 e. The Bertz CT molecular complexity index is 234. The summed E-state index contributed by atoms with van der Waals surface area (Å²) in [5.74, 6) is 0.838. The van der Waals surface area contributed by atoms with Gasteiger partial charge in [-0.3, -0.25) is 0 Å². The number of hydrogen-bond acceptors (Lipinski definition) is 2. The number of rotatable bonds is 4. The van der Waals surface area contributed by atoms with Crippen molar-refractivity contribution >= 4 is 0 Å². The summed E-state index contributed by atoms with van der Waals surface area (Å²) in [6.45, 7) is 1.58. The Morgan fingerprint density at radius 1 is 1.75 bits per heavy atom. The Morgan fingerprint density at radius 2 is 2.50 bits per heavy atom. The number of aromatic nitrogens is 2. The van der Waals surface area contributed by atoms with E-state index in [1.807, 2.05) is 7.05 Å². The van der Waals surface area contributed by atoms with Crippen molar-refractivity contribution in [3.05, 3.63) is 17.7 Å². The van der Waals surface area contributed by atoms with Crippen molar-refractivity contribution in [1.29, 1.82) is 0 Å². The van der Waals surface area contributed by atoms with Gasteiger partial charge in [0.2, 0.25) is 0 Å². The van der Waals surface area contributed by atoms with Crippen LogP contribution in [0.1, 0.15) is 18.4 Å². The van der Waals surface area contributed by atoms with E-state index in [-0.39, 0.29) is 0 Å². The first-order chi connectivity index (χ1) is 5.76. The Labute approximate surface area is 71.4 Å². The molecular formula is C8H14FN3. The summed E-state index contributed by atoms with van der Waals surface area (Å²) >= 11 is 0. The molecule has 1 aromatic rings. The fraction of sp³-hybridized carbons (Fsp3) is 0.625. The first-order valence-electron chi connectivity index (χ1n) is 4.02. The SMILES string of the molecule is CNC(C)Cc1ncc(CF)[nH]1. The topological polar surface area (TPSA) is 40.7 Å². The molecule has 1 unspecified atom stereocenters. The highest BCUT2D eigenvalue weighted by molar-refractivity contribution is 5.00. The standard InChI is InChI=1S/C8H14FN3/c1-6(10-2)3-8-11-5-7(4-9)12-8/h5-6,10H,3-4H2,1-2H3,(H,11,12). The van der Waals surface area contributed by atoms with Crippen LogP contribution in [0.2, 0.25) is 0 Å². The molecule has 0 aromatic carbocycles. The number of hydrogen-bond donors (Lipinski definition) is 2. The van der Waals surface area contributed by atoms with Gasteiger partial charge in [0.1, 0.15) is 12.5 Å². The second-order valence-electron chi connectivity index (χ2n) is 2.88. The Morgan fingerprint density at radius 3 is 3.00 bits per heavy atom. The van der Waals surface area contributed by atoms with Crippen LogP contribution < -0.4 is 5.32 Å². The molecule has 4 heteroatoms. The normalized spacial score (nSPS) is 13.2. The molecule has 0 fully saturated rings. The number of nitrogens with zero attached hydrogens (tertiary/aromatic N) is 1. The van der Waals surface area contributed by atoms with Crippen molar-refractivity contribution in [2.45, 2.75) is 26.1 Å². The maximum Gasteiger partial charge on any atom is 0.131 e. The van der Waals surface area contributed by atoms with Crippen molar-refractivity contribution in [2.75, 3.05) is 7.05 Å². The summed E-state index contributed by atoms with van der Waals surface area (Å²) in [5.41, 5.74) is 0.549. The van der Waals surface area contributed by atoms with E-state index in [1.54, 1.807) is 0 Å². The van der Waals surface area contributed by atoms with Crippen molar-refractivity contribution in [1.82, 2.24) is 15.3 Å². The van der Waals surface area contributed by atoms with Gasteiger partial charge < -0.3 is 10.3 Å². The highest BCUT2D eigenvalue weighted by Gasteiger charge is 2.04. The highest BCUT2D eigenvalue weighted by Crippen LogP contribution is 2.01. The van der Waals surface area contributed by atoms with Crippen molar-refractivity contribution in [3.8, 4) is 0 Å². The summed E-state index contributed by atoms with van der Waals surface area (Å²) < 4.78 is 12.1. The van der Waals surface area contributed by atoms with E-state index >= 15 is 0 Å². The van der Waals surface area contributed by atoms with Crippen LogP contribution in [-0.4, -0.2) is 23.1 Å². The molecule has 0 spiro atoms. The predicted octanol–water partition coefficient (Wildman–Crippen LogP) is 1.03. The maximum atomic E-state index is 12.1. The van der Waals surface area contributed by atoms with Gasteiger partial charge in [-0.05, 0) is 14.0 Å². The zero-order valence-corrected chi connectivity index (χ0v) is 7.39. The molecule has 2 N–H and O–H groups in total. The average Bonchev–Trinajstić information content (AvgIpc) is 2.52. The van der Waals surface area contributed by atoms with Crippen LogP contribution in [0, 0.1) is 0 Å². The maximum absolute atomic E-state index is 12.1. The summed E-state index contributed by atoms with van der Waals surface area (Å²) in [6.07, 6.45) is 2.34. The predicted molar refractivity (Wildman–Crippen MR) is 45.6 cm³/mol. The van der Waals surface area contributed by atoms with Gasteiger partial charge in [-0.2, -0.15) is 0 Å². The summed E-state index contributed by atoms with van der Waals surface area (Å²) in [4.78, 5) is 6.94. The lowest BCUT2D eigenvalue weighted by atomic mass is 10.2. The monoisotopic (exact) mass is 171 g/mol. The summed E-state index contributed by atoms with van der Waals surface area (Å²) in [5, 5.41) is 3.09. The molecule has 0 bridgehead atoms. The van der Waals surface area contributed by atoms with Gasteiger partial charge >= 0.3 is 0 Å². The van der Waals surface area contributed by atoms with Crippen LogP contribution in [0.4, 0.5) is 4.39 Å². The molecule has 1 aromatic heterocycles. The summed E-state index contributed by atoms with van der Waals surface area (Å²) in [7, 11) is 1.89. The van der Waals surface area contributed by atoms with E-state index in [0.29, 0.717) is 11.7 Å². The first kappa shape index (κ1) is 9.19. The molecule has 12 heavy (non-hydrogen) atoms. The van der Waals surface area contributed by atoms with E-state index in [0.717, 1.165) is 12.2 Å². The van der Waals surface area contributed by atoms with E-state index in [4.69, 9.17) is 0 Å². The lowest BCUT2D eigenvalue weighted by Crippen LogP contribution is -2.24. The largest absolute Gasteiger partial charge is 0.344 e. The van der Waals surface area contributed by atoms with Gasteiger partial charge in [0.15, 0.2) is 0 Å². The number of halogens is 1. The fourth-order valence-corrected chi connectivity index (χ4v) is 0.969. The van der Waals surface area contributed by atoms with Gasteiger partial charge in [0.05, 0.1) is 11.9 Å². The second-order valence-corrected chi connectivity index (χ2v) is 2.88. The molecule has 0 aliphatic rings. The van der Waals surface area contributed by atoms with Crippen LogP contribution in [-0.2, 0) is 13.1 Å². The third-order valence-corrected chi connectivity index (χ3v) is 1.82. The molecule has 0 aliphatic carbocycles. The number of aromatic amines is 1. The first-order valence-corrected chi connectivity index (χ1v) is 4.02. The minimum atomic E-state index is -0.471. The number of likely N-dealkylation sites (N-methyl/N-ethyl adjacent to an activating group) is 1. The van der Waals surface area contributed by atoms with Crippen LogP contribution in [0.5, 0.6) is 0 Å². The molecular weight excluding hydrogens is 157 g/mol. The molecule has 0 saturated heterocycles. The van der Waals surface area contributed by atoms with Gasteiger partial charge in [-0.1, -0.05) is 0 Å². The molecule has 0 radical (unpaired) electrons. The second kappa shape index (κ2) is 4.21. The molecule has 1 heterocycles. The van der Waals surface area contributed by atoms with E-state index in [2.05, 4.69) is 22.2 Å². The minimum absolute atomic E-state index is 0.364. The highest BCUT2D eigenvalue weighted by atomic mass is 19.1. The van der Waals surface area contributed by atoms with Crippen LogP contribution in [0.25, 0.3) is 0 Å². The van der Waals surface area contributed by atoms with Gasteiger partial charge in [0.25, 0.3) is 0 Å². The number of nitrogens with one attached hydrogen (secondary N) is 2. The van der Waals surface area contributed by atoms with E-state index in [1.165, 1.54) is 6.20 Å². The smallest absolute Gasteiger partial charge is 0.131 e. The molecule has 0 saturated carbocycles. The fourth-order valence-electron chi connectivity index (χ4n) is 0.969. The molecule has 1 atom stereocenters. The lowest BCUT2D eigenvalue weighted by Gasteiger charge is -2.06. The Hall–Kier alpha value is -0.900. The van der Waals surface area contributed by atoms with Gasteiger partial charge in [0, 0.05) is 12.5 Å². The van der Waals surface area contributed by atoms with Crippen molar-refractivity contribution in [2.24, 2.45) is 0 Å². The van der Waals surface area contributed by atoms with Gasteiger partial charge in [-0.25, -0.2) is 9.37 Å². The van der Waals surface area contributed by atoms with Crippen LogP contribution >= 0.6 is 0 Å². The van der Waals surface area contributed by atoms with E-state index in [9.17, 15) is 4.39 Å². The molecule has 68 valence electrons. The molecule has 0 amide bonds. The lowest BCUT2D eigenvalue weighted by molar-refractivity contribution is 0.476. The van der Waals surface area contributed by atoms with Crippen molar-refractivity contribution < 1.29 is 4.39 Å². The zero-order chi connectivity index (χ0) is 8.97. The summed E-state index contributed by atoms with van der Waals surface area (Å²) in [6, 6.07) is 0.364. The molecule has 1 rings (SSSR count). The number of H-pyrrole nitrogens is 1. The molecule has 3 nitrogen and oxygen atoms in total. The zero-order valence-electron chi connectivity index (χ0n) is 7.39. The van der Waals surface area contributed by atoms with Crippen LogP contribution in [0.15, 0.2) is 6.20 Å². The van der Waals surface area contributed by atoms with Crippen molar-refractivity contribution in [3.63, 3.8) is 0 Å².